The number of hydrogen-bond acceptors (Lipinski definition) is 4. The van der Waals surface area contributed by atoms with Gasteiger partial charge in [0.1, 0.15) is 0 Å². The zero-order valence-electron chi connectivity index (χ0n) is 3.29. The molecule has 0 radical (unpaired) electrons. The molecule has 0 aromatic carbocycles. The average molecular weight is 307 g/mol. The third-order valence-corrected chi connectivity index (χ3v) is 0. The maximum absolute atomic E-state index is 8.55. The van der Waals surface area contributed by atoms with E-state index in [9.17, 15) is 0 Å². The van der Waals surface area contributed by atoms with Crippen LogP contribution in [0.1, 0.15) is 0 Å². The van der Waals surface area contributed by atoms with Crippen LogP contribution in [-0.2, 0) is 30.4 Å². The molecule has 0 fully saturated rings. The topological polar surface area (TPSA) is 86.2 Å². The molecule has 7 heavy (non-hydrogen) atoms. The number of hydrogen-bond donors (Lipinski definition) is 0. The fourth-order valence-corrected chi connectivity index (χ4v) is 0. The Morgan fingerprint density at radius 1 is 1.14 bits per heavy atom. The first kappa shape index (κ1) is 15.8. The molecule has 40 valence electrons. The smallest absolute Gasteiger partial charge is 0.822 e. The van der Waals surface area contributed by atoms with E-state index in [-0.39, 0.29) is 35.7 Å². The van der Waals surface area contributed by atoms with Crippen molar-refractivity contribution in [3.8, 4) is 0 Å². The van der Waals surface area contributed by atoms with Crippen LogP contribution < -0.4 is 14.7 Å². The molecule has 0 aromatic heterocycles. The molecule has 1 unspecified atom stereocenters. The van der Waals surface area contributed by atoms with Crippen LogP contribution in [0, 0.1) is 0 Å². The Labute approximate surface area is 63.0 Å². The van der Waals surface area contributed by atoms with Crippen LogP contribution in [-0.4, -0.2) is 0 Å². The van der Waals surface area contributed by atoms with E-state index in [0.717, 1.165) is 0 Å². The van der Waals surface area contributed by atoms with E-state index in [2.05, 4.69) is 0 Å². The van der Waals surface area contributed by atoms with Gasteiger partial charge in [-0.05, 0) is 0 Å². The zero-order chi connectivity index (χ0) is 4.50. The largest absolute Gasteiger partial charge is 4.00 e. The second-order valence-corrected chi connectivity index (χ2v) is 1.34. The van der Waals surface area contributed by atoms with Crippen molar-refractivity contribution in [2.75, 3.05) is 0 Å². The standard InChI is InChI=1S/Hf.H3O4P.H3P/c;1-5(2,3)4;/h;(H3,1,2,3,4);1H3/q+4;;/p-3. The van der Waals surface area contributed by atoms with Crippen LogP contribution in [0.5, 0.6) is 0 Å². The van der Waals surface area contributed by atoms with Gasteiger partial charge >= 0.3 is 25.8 Å². The molecule has 0 aromatic rings. The summed E-state index contributed by atoms with van der Waals surface area (Å²) in [6, 6.07) is 0. The van der Waals surface area contributed by atoms with Crippen molar-refractivity contribution >= 4 is 17.7 Å². The number of phosphoric acid groups is 1. The molecule has 0 bridgehead atoms. The monoisotopic (exact) mass is 309 g/mol. The van der Waals surface area contributed by atoms with Crippen LogP contribution >= 0.6 is 17.7 Å². The summed E-state index contributed by atoms with van der Waals surface area (Å²) in [4.78, 5) is 25.6. The van der Waals surface area contributed by atoms with Gasteiger partial charge in [0, 0.05) is 0 Å². The van der Waals surface area contributed by atoms with Gasteiger partial charge in [0.15, 0.2) is 0 Å². The van der Waals surface area contributed by atoms with E-state index < -0.39 is 7.82 Å². The van der Waals surface area contributed by atoms with E-state index in [1.807, 2.05) is 0 Å². The van der Waals surface area contributed by atoms with Crippen LogP contribution in [0.25, 0.3) is 0 Å². The summed E-state index contributed by atoms with van der Waals surface area (Å²) in [6.45, 7) is 0. The van der Waals surface area contributed by atoms with Gasteiger partial charge < -0.3 is 19.2 Å². The van der Waals surface area contributed by atoms with Gasteiger partial charge in [0.2, 0.25) is 0 Å². The molecule has 0 saturated carbocycles. The Morgan fingerprint density at radius 3 is 1.14 bits per heavy atom. The maximum atomic E-state index is 8.55. The molecular formula is H3HfO4P2+. The van der Waals surface area contributed by atoms with Crippen LogP contribution in [0.4, 0.5) is 0 Å². The molecule has 0 aliphatic carbocycles. The number of rotatable bonds is 0. The molecule has 7 heteroatoms. The van der Waals surface area contributed by atoms with Crippen LogP contribution in [0.3, 0.4) is 0 Å². The van der Waals surface area contributed by atoms with Crippen LogP contribution in [0.2, 0.25) is 0 Å². The minimum Gasteiger partial charge on any atom is -0.822 e. The van der Waals surface area contributed by atoms with Gasteiger partial charge in [0.05, 0.1) is 0 Å². The van der Waals surface area contributed by atoms with Crippen LogP contribution in [0.15, 0.2) is 0 Å². The molecule has 0 N–H and O–H groups in total. The Balaban J connectivity index is -0.0000000800. The van der Waals surface area contributed by atoms with Gasteiger partial charge in [0.25, 0.3) is 0 Å². The molecule has 0 rings (SSSR count). The molecule has 0 saturated heterocycles. The maximum Gasteiger partial charge on any atom is 4.00 e. The predicted molar refractivity (Wildman–Crippen MR) is 18.7 cm³/mol. The average Bonchev–Trinajstić information content (AvgIpc) is 0.722. The molecule has 0 aliphatic heterocycles. The van der Waals surface area contributed by atoms with Gasteiger partial charge in [-0.3, -0.25) is 0 Å². The third kappa shape index (κ3) is 109. The summed E-state index contributed by atoms with van der Waals surface area (Å²) >= 11 is 0. The van der Waals surface area contributed by atoms with Crippen molar-refractivity contribution in [2.24, 2.45) is 0 Å². The van der Waals surface area contributed by atoms with E-state index in [1.165, 1.54) is 0 Å². The van der Waals surface area contributed by atoms with E-state index in [1.54, 1.807) is 0 Å². The van der Waals surface area contributed by atoms with E-state index in [4.69, 9.17) is 19.2 Å². The minimum absolute atomic E-state index is 0. The van der Waals surface area contributed by atoms with Gasteiger partial charge in [-0.15, -0.1) is 0 Å². The molecule has 1 atom stereocenters. The van der Waals surface area contributed by atoms with Crippen molar-refractivity contribution in [1.82, 2.24) is 0 Å². The summed E-state index contributed by atoms with van der Waals surface area (Å²) in [7, 11) is -5.39. The second-order valence-electron chi connectivity index (χ2n) is 0.447. The third-order valence-electron chi connectivity index (χ3n) is 0. The second kappa shape index (κ2) is 5.55. The molecule has 0 heterocycles. The Morgan fingerprint density at radius 2 is 1.14 bits per heavy atom. The van der Waals surface area contributed by atoms with Crippen molar-refractivity contribution in [3.63, 3.8) is 0 Å². The summed E-state index contributed by atoms with van der Waals surface area (Å²) in [5.74, 6) is 0. The van der Waals surface area contributed by atoms with Gasteiger partial charge in [-0.2, -0.15) is 17.7 Å². The van der Waals surface area contributed by atoms with E-state index >= 15 is 0 Å². The Kier molecular flexibility index (Phi) is 12.5. The Bertz CT molecular complexity index is 55.8. The minimum atomic E-state index is -5.39. The molecular weight excluding hydrogens is 304 g/mol. The normalized spacial score (nSPS) is 8.43. The molecule has 4 nitrogen and oxygen atoms in total. The van der Waals surface area contributed by atoms with E-state index in [0.29, 0.717) is 0 Å². The van der Waals surface area contributed by atoms with Crippen molar-refractivity contribution < 1.29 is 45.1 Å². The van der Waals surface area contributed by atoms with Gasteiger partial charge in [-0.25, -0.2) is 0 Å². The SMILES string of the molecule is O=P([O-])([O-])[O-].P.[Hf+4]. The first-order valence-corrected chi connectivity index (χ1v) is 2.19. The summed E-state index contributed by atoms with van der Waals surface area (Å²) in [5, 5.41) is 0. The summed E-state index contributed by atoms with van der Waals surface area (Å²) in [5.41, 5.74) is 0. The van der Waals surface area contributed by atoms with Crippen molar-refractivity contribution in [2.45, 2.75) is 0 Å². The van der Waals surface area contributed by atoms with Gasteiger partial charge in [-0.1, -0.05) is 0 Å². The molecule has 0 spiro atoms. The first-order valence-electron chi connectivity index (χ1n) is 0.730. The fraction of sp³-hybridized carbons (Fsp3) is 0. The summed E-state index contributed by atoms with van der Waals surface area (Å²) in [6.07, 6.45) is 0. The predicted octanol–water partition coefficient (Wildman–Crippen LogP) is -2.77. The molecule has 0 amide bonds. The quantitative estimate of drug-likeness (QED) is 0.358. The summed E-state index contributed by atoms with van der Waals surface area (Å²) < 4.78 is 8.55. The first-order chi connectivity index (χ1) is 2.00. The fourth-order valence-electron chi connectivity index (χ4n) is 0. The van der Waals surface area contributed by atoms with Crippen molar-refractivity contribution in [3.05, 3.63) is 0 Å². The molecule has 0 aliphatic rings. The van der Waals surface area contributed by atoms with Crippen molar-refractivity contribution in [1.29, 1.82) is 0 Å². The zero-order valence-corrected chi connectivity index (χ0v) is 9.19. The Hall–Kier alpha value is 1.41.